The molecule has 6 nitrogen and oxygen atoms in total. The number of halogens is 1. The van der Waals surface area contributed by atoms with Crippen LogP contribution in [0.4, 0.5) is 5.69 Å². The van der Waals surface area contributed by atoms with E-state index in [9.17, 15) is 8.42 Å². The third-order valence-corrected chi connectivity index (χ3v) is 7.08. The lowest BCUT2D eigenvalue weighted by Gasteiger charge is -2.26. The van der Waals surface area contributed by atoms with Crippen LogP contribution in [-0.4, -0.2) is 23.0 Å². The highest BCUT2D eigenvalue weighted by Gasteiger charge is 2.29. The number of hydrogen-bond acceptors (Lipinski definition) is 4. The van der Waals surface area contributed by atoms with E-state index in [-0.39, 0.29) is 11.4 Å². The van der Waals surface area contributed by atoms with Gasteiger partial charge in [0.2, 0.25) is 0 Å². The second-order valence-corrected chi connectivity index (χ2v) is 9.50. The van der Waals surface area contributed by atoms with Crippen LogP contribution in [0.2, 0.25) is 5.02 Å². The first-order valence-corrected chi connectivity index (χ1v) is 11.2. The summed E-state index contributed by atoms with van der Waals surface area (Å²) in [6.45, 7) is 5.91. The summed E-state index contributed by atoms with van der Waals surface area (Å²) < 4.78 is 30.8. The van der Waals surface area contributed by atoms with Gasteiger partial charge in [-0.15, -0.1) is 10.2 Å². The molecule has 30 heavy (non-hydrogen) atoms. The fraction of sp³-hybridized carbons (Fsp3) is 0.182. The lowest BCUT2D eigenvalue weighted by atomic mass is 10.1. The van der Waals surface area contributed by atoms with E-state index in [1.54, 1.807) is 53.9 Å². The van der Waals surface area contributed by atoms with Crippen LogP contribution in [0.25, 0.3) is 5.65 Å². The molecule has 2 heterocycles. The molecule has 0 atom stereocenters. The predicted octanol–water partition coefficient (Wildman–Crippen LogP) is 4.70. The molecule has 2 aromatic heterocycles. The molecule has 4 aromatic rings. The summed E-state index contributed by atoms with van der Waals surface area (Å²) in [6.07, 6.45) is 1.75. The van der Waals surface area contributed by atoms with E-state index in [1.165, 1.54) is 4.31 Å². The van der Waals surface area contributed by atoms with Crippen molar-refractivity contribution in [2.24, 2.45) is 0 Å². The maximum absolute atomic E-state index is 13.9. The van der Waals surface area contributed by atoms with Crippen LogP contribution in [0.3, 0.4) is 0 Å². The van der Waals surface area contributed by atoms with Crippen LogP contribution in [-0.2, 0) is 16.6 Å². The maximum atomic E-state index is 13.9. The fourth-order valence-electron chi connectivity index (χ4n) is 3.40. The molecule has 0 saturated heterocycles. The van der Waals surface area contributed by atoms with E-state index in [0.717, 1.165) is 16.7 Å². The molecule has 0 N–H and O–H groups in total. The van der Waals surface area contributed by atoms with Crippen molar-refractivity contribution in [1.29, 1.82) is 0 Å². The Kier molecular flexibility index (Phi) is 5.26. The van der Waals surface area contributed by atoms with Crippen molar-refractivity contribution >= 4 is 33.0 Å². The highest BCUT2D eigenvalue weighted by atomic mass is 35.5. The smallest absolute Gasteiger partial charge is 0.268 e. The van der Waals surface area contributed by atoms with Crippen LogP contribution in [0.15, 0.2) is 65.7 Å². The van der Waals surface area contributed by atoms with Crippen LogP contribution in [0.1, 0.15) is 22.5 Å². The van der Waals surface area contributed by atoms with Gasteiger partial charge < -0.3 is 0 Å². The van der Waals surface area contributed by atoms with Gasteiger partial charge in [-0.1, -0.05) is 41.4 Å². The molecule has 0 fully saturated rings. The van der Waals surface area contributed by atoms with Gasteiger partial charge in [0.1, 0.15) is 10.7 Å². The molecular weight excluding hydrogens is 420 g/mol. The molecule has 0 unspecified atom stereocenters. The van der Waals surface area contributed by atoms with Crippen LogP contribution in [0.5, 0.6) is 0 Å². The predicted molar refractivity (Wildman–Crippen MR) is 118 cm³/mol. The van der Waals surface area contributed by atoms with E-state index in [0.29, 0.717) is 22.2 Å². The highest BCUT2D eigenvalue weighted by molar-refractivity contribution is 7.93. The number of rotatable bonds is 5. The summed E-state index contributed by atoms with van der Waals surface area (Å²) in [4.78, 5) is 0.0934. The monoisotopic (exact) mass is 440 g/mol. The summed E-state index contributed by atoms with van der Waals surface area (Å²) in [7, 11) is -3.96. The molecule has 0 aliphatic heterocycles. The Labute approximate surface area is 180 Å². The number of fused-ring (bicyclic) bond motifs is 1. The van der Waals surface area contributed by atoms with Crippen LogP contribution >= 0.6 is 11.6 Å². The summed E-state index contributed by atoms with van der Waals surface area (Å²) >= 11 is 6.19. The van der Waals surface area contributed by atoms with Crippen molar-refractivity contribution in [2.75, 3.05) is 4.31 Å². The second kappa shape index (κ2) is 7.74. The van der Waals surface area contributed by atoms with E-state index in [4.69, 9.17) is 11.6 Å². The lowest BCUT2D eigenvalue weighted by Crippen LogP contribution is -2.31. The Hall–Kier alpha value is -2.90. The van der Waals surface area contributed by atoms with Crippen molar-refractivity contribution < 1.29 is 8.42 Å². The van der Waals surface area contributed by atoms with Crippen molar-refractivity contribution in [3.05, 3.63) is 88.3 Å². The van der Waals surface area contributed by atoms with E-state index in [2.05, 4.69) is 10.2 Å². The zero-order chi connectivity index (χ0) is 21.5. The molecule has 2 aromatic carbocycles. The number of pyridine rings is 1. The minimum Gasteiger partial charge on any atom is -0.286 e. The molecule has 0 aliphatic carbocycles. The number of anilines is 1. The third kappa shape index (κ3) is 3.66. The SMILES string of the molecule is Cc1ccc(C)c(CN(c2cccc(Cl)c2)S(=O)(=O)c2cccn3c(C)nnc23)c1. The normalized spacial score (nSPS) is 11.7. The van der Waals surface area contributed by atoms with Gasteiger partial charge in [-0.05, 0) is 62.2 Å². The average Bonchev–Trinajstić information content (AvgIpc) is 3.09. The Morgan fingerprint density at radius 2 is 1.80 bits per heavy atom. The molecular formula is C22H21ClN4O2S. The molecule has 8 heteroatoms. The third-order valence-electron chi connectivity index (χ3n) is 5.05. The van der Waals surface area contributed by atoms with Gasteiger partial charge in [-0.25, -0.2) is 8.42 Å². The lowest BCUT2D eigenvalue weighted by molar-refractivity contribution is 0.590. The van der Waals surface area contributed by atoms with Crippen molar-refractivity contribution in [3.8, 4) is 0 Å². The van der Waals surface area contributed by atoms with Crippen molar-refractivity contribution in [3.63, 3.8) is 0 Å². The summed E-state index contributed by atoms with van der Waals surface area (Å²) in [5.74, 6) is 0.617. The Morgan fingerprint density at radius 3 is 2.57 bits per heavy atom. The molecule has 4 rings (SSSR count). The van der Waals surface area contributed by atoms with Gasteiger partial charge in [0, 0.05) is 11.2 Å². The number of aryl methyl sites for hydroxylation is 3. The average molecular weight is 441 g/mol. The van der Waals surface area contributed by atoms with Gasteiger partial charge in [0.25, 0.3) is 10.0 Å². The molecule has 0 aliphatic rings. The zero-order valence-electron chi connectivity index (χ0n) is 16.9. The van der Waals surface area contributed by atoms with Crippen LogP contribution in [0, 0.1) is 20.8 Å². The molecule has 154 valence electrons. The van der Waals surface area contributed by atoms with Gasteiger partial charge in [-0.2, -0.15) is 0 Å². The number of nitrogens with zero attached hydrogens (tertiary/aromatic N) is 4. The van der Waals surface area contributed by atoms with Gasteiger partial charge in [0.05, 0.1) is 12.2 Å². The maximum Gasteiger partial charge on any atom is 0.268 e. The van der Waals surface area contributed by atoms with Gasteiger partial charge >= 0.3 is 0 Å². The molecule has 0 radical (unpaired) electrons. The van der Waals surface area contributed by atoms with E-state index < -0.39 is 10.0 Å². The molecule has 0 spiro atoms. The van der Waals surface area contributed by atoms with Gasteiger partial charge in [0.15, 0.2) is 5.65 Å². The van der Waals surface area contributed by atoms with Gasteiger partial charge in [-0.3, -0.25) is 8.71 Å². The van der Waals surface area contributed by atoms with E-state index >= 15 is 0 Å². The quantitative estimate of drug-likeness (QED) is 0.451. The Balaban J connectivity index is 1.91. The molecule has 0 amide bonds. The number of aromatic nitrogens is 3. The number of hydrogen-bond donors (Lipinski definition) is 0. The van der Waals surface area contributed by atoms with Crippen molar-refractivity contribution in [1.82, 2.24) is 14.6 Å². The highest BCUT2D eigenvalue weighted by Crippen LogP contribution is 2.30. The molecule has 0 bridgehead atoms. The first-order valence-electron chi connectivity index (χ1n) is 9.42. The Bertz CT molecular complexity index is 1350. The van der Waals surface area contributed by atoms with Crippen LogP contribution < -0.4 is 4.31 Å². The standard InChI is InChI=1S/C22H21ClN4O2S/c1-15-9-10-16(2)18(12-15)14-27(20-7-4-6-19(23)13-20)30(28,29)21-8-5-11-26-17(3)24-25-22(21)26/h4-13H,14H2,1-3H3. The first-order chi connectivity index (χ1) is 14.3. The summed E-state index contributed by atoms with van der Waals surface area (Å²) in [5.41, 5.74) is 3.78. The van der Waals surface area contributed by atoms with E-state index in [1.807, 2.05) is 32.0 Å². The van der Waals surface area contributed by atoms with Crippen molar-refractivity contribution in [2.45, 2.75) is 32.2 Å². The Morgan fingerprint density at radius 1 is 1.00 bits per heavy atom. The zero-order valence-corrected chi connectivity index (χ0v) is 18.4. The summed E-state index contributed by atoms with van der Waals surface area (Å²) in [5, 5.41) is 8.60. The minimum atomic E-state index is -3.96. The fourth-order valence-corrected chi connectivity index (χ4v) is 5.14. The largest absolute Gasteiger partial charge is 0.286 e. The molecule has 0 saturated carbocycles. The topological polar surface area (TPSA) is 67.6 Å². The first kappa shape index (κ1) is 20.4. The summed E-state index contributed by atoms with van der Waals surface area (Å²) in [6, 6.07) is 16.1. The second-order valence-electron chi connectivity index (χ2n) is 7.23. The number of sulfonamides is 1. The number of benzene rings is 2. The minimum absolute atomic E-state index is 0.0934.